The summed E-state index contributed by atoms with van der Waals surface area (Å²) in [6.45, 7) is 6.19. The van der Waals surface area contributed by atoms with E-state index in [1.54, 1.807) is 12.5 Å². The van der Waals surface area contributed by atoms with Gasteiger partial charge in [-0.05, 0) is 38.0 Å². The van der Waals surface area contributed by atoms with Gasteiger partial charge in [0.05, 0.1) is 0 Å². The fourth-order valence-electron chi connectivity index (χ4n) is 2.06. The van der Waals surface area contributed by atoms with Crippen LogP contribution in [0.1, 0.15) is 42.9 Å². The first-order valence-corrected chi connectivity index (χ1v) is 6.14. The van der Waals surface area contributed by atoms with Crippen LogP contribution in [-0.2, 0) is 6.42 Å². The van der Waals surface area contributed by atoms with Crippen LogP contribution in [0, 0.1) is 6.92 Å². The van der Waals surface area contributed by atoms with Crippen molar-refractivity contribution in [1.82, 2.24) is 19.7 Å². The summed E-state index contributed by atoms with van der Waals surface area (Å²) in [7, 11) is 0. The molecule has 2 heterocycles. The van der Waals surface area contributed by atoms with Gasteiger partial charge in [-0.15, -0.1) is 0 Å². The second-order valence-corrected chi connectivity index (χ2v) is 4.76. The van der Waals surface area contributed by atoms with Gasteiger partial charge in [-0.25, -0.2) is 9.67 Å². The molecule has 1 atom stereocenters. The Bertz CT molecular complexity index is 518. The van der Waals surface area contributed by atoms with Crippen LogP contribution in [0.2, 0.25) is 0 Å². The van der Waals surface area contributed by atoms with Gasteiger partial charge in [0.2, 0.25) is 0 Å². The Morgan fingerprint density at radius 2 is 2.17 bits per heavy atom. The molecule has 1 unspecified atom stereocenters. The summed E-state index contributed by atoms with van der Waals surface area (Å²) < 4.78 is 1.91. The van der Waals surface area contributed by atoms with Crippen molar-refractivity contribution < 1.29 is 0 Å². The topological polar surface area (TPSA) is 69.6 Å². The van der Waals surface area contributed by atoms with Crippen LogP contribution < -0.4 is 5.73 Å². The van der Waals surface area contributed by atoms with Gasteiger partial charge in [-0.2, -0.15) is 5.10 Å². The molecule has 18 heavy (non-hydrogen) atoms. The Labute approximate surface area is 107 Å². The summed E-state index contributed by atoms with van der Waals surface area (Å²) in [5.41, 5.74) is 8.47. The van der Waals surface area contributed by atoms with Gasteiger partial charge in [0, 0.05) is 30.9 Å². The lowest BCUT2D eigenvalue weighted by Crippen LogP contribution is -2.18. The van der Waals surface area contributed by atoms with Gasteiger partial charge < -0.3 is 5.73 Å². The van der Waals surface area contributed by atoms with Crippen molar-refractivity contribution in [2.75, 3.05) is 0 Å². The third kappa shape index (κ3) is 2.56. The summed E-state index contributed by atoms with van der Waals surface area (Å²) in [5.74, 6) is 0.925. The van der Waals surface area contributed by atoms with Crippen molar-refractivity contribution in [3.05, 3.63) is 41.7 Å². The number of hydrogen-bond acceptors (Lipinski definition) is 4. The van der Waals surface area contributed by atoms with Crippen LogP contribution in [0.4, 0.5) is 0 Å². The van der Waals surface area contributed by atoms with Crippen molar-refractivity contribution in [3.63, 3.8) is 0 Å². The summed E-state index contributed by atoms with van der Waals surface area (Å²) in [5, 5.41) is 4.22. The van der Waals surface area contributed by atoms with Crippen molar-refractivity contribution >= 4 is 0 Å². The number of pyridine rings is 1. The highest BCUT2D eigenvalue weighted by Crippen LogP contribution is 2.18. The molecule has 0 radical (unpaired) electrons. The van der Waals surface area contributed by atoms with Crippen LogP contribution in [-0.4, -0.2) is 19.7 Å². The van der Waals surface area contributed by atoms with Crippen LogP contribution in [0.25, 0.3) is 0 Å². The van der Waals surface area contributed by atoms with Gasteiger partial charge in [0.15, 0.2) is 0 Å². The quantitative estimate of drug-likeness (QED) is 0.891. The second kappa shape index (κ2) is 5.27. The molecular formula is C13H19N5. The van der Waals surface area contributed by atoms with Gasteiger partial charge in [0.25, 0.3) is 0 Å². The average molecular weight is 245 g/mol. The lowest BCUT2D eigenvalue weighted by molar-refractivity contribution is 0.493. The zero-order valence-corrected chi connectivity index (χ0v) is 11.0. The van der Waals surface area contributed by atoms with E-state index < -0.39 is 0 Å². The smallest absolute Gasteiger partial charge is 0.138 e. The molecule has 2 aromatic heterocycles. The first-order valence-electron chi connectivity index (χ1n) is 6.14. The molecule has 5 nitrogen and oxygen atoms in total. The molecule has 0 amide bonds. The van der Waals surface area contributed by atoms with Gasteiger partial charge in [-0.1, -0.05) is 0 Å². The van der Waals surface area contributed by atoms with Crippen LogP contribution in [0.5, 0.6) is 0 Å². The van der Waals surface area contributed by atoms with E-state index in [0.717, 1.165) is 17.0 Å². The molecule has 2 aromatic rings. The second-order valence-electron chi connectivity index (χ2n) is 4.76. The maximum atomic E-state index is 6.25. The number of nitrogens with two attached hydrogens (primary N) is 1. The van der Waals surface area contributed by atoms with E-state index in [1.807, 2.05) is 23.9 Å². The minimum absolute atomic E-state index is 0.0744. The third-order valence-corrected chi connectivity index (χ3v) is 3.00. The number of hydrogen-bond donors (Lipinski definition) is 1. The van der Waals surface area contributed by atoms with E-state index in [2.05, 4.69) is 28.9 Å². The number of aryl methyl sites for hydroxylation is 1. The summed E-state index contributed by atoms with van der Waals surface area (Å²) in [6.07, 6.45) is 5.88. The SMILES string of the molecule is Cc1cnccc1C(N)Cc1ncnn1C(C)C. The number of rotatable bonds is 4. The first kappa shape index (κ1) is 12.7. The third-order valence-electron chi connectivity index (χ3n) is 3.00. The predicted molar refractivity (Wildman–Crippen MR) is 70.0 cm³/mol. The minimum atomic E-state index is -0.0744. The fraction of sp³-hybridized carbons (Fsp3) is 0.462. The van der Waals surface area contributed by atoms with Crippen LogP contribution in [0.15, 0.2) is 24.8 Å². The zero-order chi connectivity index (χ0) is 13.1. The van der Waals surface area contributed by atoms with Gasteiger partial charge >= 0.3 is 0 Å². The highest BCUT2D eigenvalue weighted by Gasteiger charge is 2.14. The van der Waals surface area contributed by atoms with Gasteiger partial charge in [0.1, 0.15) is 12.2 Å². The largest absolute Gasteiger partial charge is 0.324 e. The number of aromatic nitrogens is 4. The molecule has 0 spiro atoms. The molecule has 0 saturated carbocycles. The van der Waals surface area contributed by atoms with Crippen molar-refractivity contribution in [2.45, 2.75) is 39.3 Å². The molecule has 0 aromatic carbocycles. The molecule has 0 saturated heterocycles. The monoisotopic (exact) mass is 245 g/mol. The molecule has 5 heteroatoms. The maximum Gasteiger partial charge on any atom is 0.138 e. The minimum Gasteiger partial charge on any atom is -0.324 e. The summed E-state index contributed by atoms with van der Waals surface area (Å²) in [6, 6.07) is 2.19. The Morgan fingerprint density at radius 1 is 1.39 bits per heavy atom. The van der Waals surface area contributed by atoms with E-state index in [0.29, 0.717) is 12.5 Å². The molecular weight excluding hydrogens is 226 g/mol. The van der Waals surface area contributed by atoms with E-state index in [-0.39, 0.29) is 6.04 Å². The highest BCUT2D eigenvalue weighted by molar-refractivity contribution is 5.25. The molecule has 0 aliphatic carbocycles. The average Bonchev–Trinajstić information content (AvgIpc) is 2.77. The fourth-order valence-corrected chi connectivity index (χ4v) is 2.06. The normalized spacial score (nSPS) is 12.9. The van der Waals surface area contributed by atoms with Crippen molar-refractivity contribution in [2.24, 2.45) is 5.73 Å². The molecule has 2 N–H and O–H groups in total. The lowest BCUT2D eigenvalue weighted by atomic mass is 10.0. The molecule has 0 aliphatic rings. The van der Waals surface area contributed by atoms with E-state index in [1.165, 1.54) is 0 Å². The maximum absolute atomic E-state index is 6.25. The van der Waals surface area contributed by atoms with Crippen molar-refractivity contribution in [1.29, 1.82) is 0 Å². The molecule has 0 aliphatic heterocycles. The molecule has 0 fully saturated rings. The van der Waals surface area contributed by atoms with Crippen LogP contribution in [0.3, 0.4) is 0 Å². The highest BCUT2D eigenvalue weighted by atomic mass is 15.3. The van der Waals surface area contributed by atoms with Crippen molar-refractivity contribution in [3.8, 4) is 0 Å². The standard InChI is InChI=1S/C13H19N5/c1-9(2)18-13(16-8-17-18)6-12(14)11-4-5-15-7-10(11)3/h4-5,7-9,12H,6,14H2,1-3H3. The summed E-state index contributed by atoms with van der Waals surface area (Å²) in [4.78, 5) is 8.37. The van der Waals surface area contributed by atoms with E-state index >= 15 is 0 Å². The van der Waals surface area contributed by atoms with E-state index in [4.69, 9.17) is 5.73 Å². The first-order chi connectivity index (χ1) is 8.59. The molecule has 2 rings (SSSR count). The molecule has 0 bridgehead atoms. The summed E-state index contributed by atoms with van der Waals surface area (Å²) >= 11 is 0. The Kier molecular flexibility index (Phi) is 3.72. The number of nitrogens with zero attached hydrogens (tertiary/aromatic N) is 4. The molecule has 96 valence electrons. The Morgan fingerprint density at radius 3 is 2.83 bits per heavy atom. The van der Waals surface area contributed by atoms with E-state index in [9.17, 15) is 0 Å². The van der Waals surface area contributed by atoms with Gasteiger partial charge in [-0.3, -0.25) is 4.98 Å². The zero-order valence-electron chi connectivity index (χ0n) is 11.0. The Balaban J connectivity index is 2.19. The predicted octanol–water partition coefficient (Wildman–Crippen LogP) is 1.80. The lowest BCUT2D eigenvalue weighted by Gasteiger charge is -2.15. The van der Waals surface area contributed by atoms with Crippen LogP contribution >= 0.6 is 0 Å². The Hall–Kier alpha value is -1.75.